The fourth-order valence-electron chi connectivity index (χ4n) is 1.97. The standard InChI is InChI=1S/C14H23N3O3/c1-4-16(5-2)8-9-20-14-7-6-12(11-15-3)10-13(14)17(18)19/h6-7,10,15H,4-5,8-9,11H2,1-3H3. The highest BCUT2D eigenvalue weighted by atomic mass is 16.6. The zero-order valence-electron chi connectivity index (χ0n) is 12.4. The minimum atomic E-state index is -0.397. The molecule has 0 saturated heterocycles. The molecule has 0 spiro atoms. The predicted molar refractivity (Wildman–Crippen MR) is 79.1 cm³/mol. The van der Waals surface area contributed by atoms with Crippen molar-refractivity contribution in [2.75, 3.05) is 33.3 Å². The Morgan fingerprint density at radius 1 is 1.35 bits per heavy atom. The summed E-state index contributed by atoms with van der Waals surface area (Å²) in [5.74, 6) is 0.335. The zero-order valence-corrected chi connectivity index (χ0v) is 12.4. The van der Waals surface area contributed by atoms with Gasteiger partial charge in [-0.05, 0) is 31.8 Å². The van der Waals surface area contributed by atoms with Crippen LogP contribution in [-0.4, -0.2) is 43.1 Å². The van der Waals surface area contributed by atoms with E-state index >= 15 is 0 Å². The molecule has 0 fully saturated rings. The molecule has 1 aromatic rings. The second-order valence-corrected chi connectivity index (χ2v) is 4.46. The molecule has 0 saturated carbocycles. The number of nitrogens with zero attached hydrogens (tertiary/aromatic N) is 2. The molecule has 1 rings (SSSR count). The van der Waals surface area contributed by atoms with Crippen molar-refractivity contribution in [3.63, 3.8) is 0 Å². The van der Waals surface area contributed by atoms with Crippen molar-refractivity contribution in [3.05, 3.63) is 33.9 Å². The topological polar surface area (TPSA) is 67.6 Å². The lowest BCUT2D eigenvalue weighted by molar-refractivity contribution is -0.385. The van der Waals surface area contributed by atoms with Crippen LogP contribution in [0.1, 0.15) is 19.4 Å². The maximum absolute atomic E-state index is 11.1. The largest absolute Gasteiger partial charge is 0.485 e. The van der Waals surface area contributed by atoms with Crippen molar-refractivity contribution in [1.82, 2.24) is 10.2 Å². The average molecular weight is 281 g/mol. The van der Waals surface area contributed by atoms with Crippen LogP contribution in [0.15, 0.2) is 18.2 Å². The van der Waals surface area contributed by atoms with Crippen molar-refractivity contribution in [2.24, 2.45) is 0 Å². The Morgan fingerprint density at radius 2 is 2.05 bits per heavy atom. The lowest BCUT2D eigenvalue weighted by Gasteiger charge is -2.18. The van der Waals surface area contributed by atoms with Gasteiger partial charge in [0.2, 0.25) is 0 Å². The molecule has 0 aromatic heterocycles. The van der Waals surface area contributed by atoms with Gasteiger partial charge in [0.25, 0.3) is 0 Å². The molecule has 112 valence electrons. The van der Waals surface area contributed by atoms with Crippen molar-refractivity contribution in [2.45, 2.75) is 20.4 Å². The van der Waals surface area contributed by atoms with E-state index in [-0.39, 0.29) is 5.69 Å². The molecule has 20 heavy (non-hydrogen) atoms. The van der Waals surface area contributed by atoms with Crippen LogP contribution in [-0.2, 0) is 6.54 Å². The SMILES string of the molecule is CCN(CC)CCOc1ccc(CNC)cc1[N+](=O)[O-]. The van der Waals surface area contributed by atoms with E-state index in [0.717, 1.165) is 25.2 Å². The summed E-state index contributed by atoms with van der Waals surface area (Å²) in [5, 5.41) is 14.1. The normalized spacial score (nSPS) is 10.8. The second-order valence-electron chi connectivity index (χ2n) is 4.46. The number of nitrogens with one attached hydrogen (secondary N) is 1. The molecule has 0 amide bonds. The second kappa shape index (κ2) is 8.50. The van der Waals surface area contributed by atoms with Crippen LogP contribution >= 0.6 is 0 Å². The number of likely N-dealkylation sites (N-methyl/N-ethyl adjacent to an activating group) is 1. The van der Waals surface area contributed by atoms with Crippen molar-refractivity contribution < 1.29 is 9.66 Å². The Hall–Kier alpha value is -1.66. The molecule has 1 aromatic carbocycles. The maximum Gasteiger partial charge on any atom is 0.311 e. The summed E-state index contributed by atoms with van der Waals surface area (Å²) in [4.78, 5) is 12.9. The van der Waals surface area contributed by atoms with Crippen molar-refractivity contribution >= 4 is 5.69 Å². The summed E-state index contributed by atoms with van der Waals surface area (Å²) in [6.07, 6.45) is 0. The first-order valence-corrected chi connectivity index (χ1v) is 6.89. The van der Waals surface area contributed by atoms with E-state index in [2.05, 4.69) is 24.1 Å². The Labute approximate surface area is 119 Å². The summed E-state index contributed by atoms with van der Waals surface area (Å²) in [6.45, 7) is 7.87. The summed E-state index contributed by atoms with van der Waals surface area (Å²) in [6, 6.07) is 5.08. The molecule has 0 heterocycles. The first kappa shape index (κ1) is 16.4. The van der Waals surface area contributed by atoms with Gasteiger partial charge in [-0.2, -0.15) is 0 Å². The smallest absolute Gasteiger partial charge is 0.311 e. The van der Waals surface area contributed by atoms with Crippen LogP contribution in [0.5, 0.6) is 5.75 Å². The van der Waals surface area contributed by atoms with Crippen molar-refractivity contribution in [1.29, 1.82) is 0 Å². The molecule has 6 nitrogen and oxygen atoms in total. The molecule has 0 unspecified atom stereocenters. The Balaban J connectivity index is 2.71. The molecular weight excluding hydrogens is 258 g/mol. The molecule has 0 aliphatic heterocycles. The first-order valence-electron chi connectivity index (χ1n) is 6.89. The van der Waals surface area contributed by atoms with E-state index in [0.29, 0.717) is 18.9 Å². The van der Waals surface area contributed by atoms with Gasteiger partial charge in [0.1, 0.15) is 6.61 Å². The van der Waals surface area contributed by atoms with E-state index in [4.69, 9.17) is 4.74 Å². The van der Waals surface area contributed by atoms with E-state index in [9.17, 15) is 10.1 Å². The Morgan fingerprint density at radius 3 is 2.60 bits per heavy atom. The van der Waals surface area contributed by atoms with Gasteiger partial charge in [-0.1, -0.05) is 19.9 Å². The zero-order chi connectivity index (χ0) is 15.0. The van der Waals surface area contributed by atoms with E-state index in [1.807, 2.05) is 6.07 Å². The Bertz CT molecular complexity index is 434. The third-order valence-electron chi connectivity index (χ3n) is 3.16. The van der Waals surface area contributed by atoms with Gasteiger partial charge in [0, 0.05) is 19.2 Å². The summed E-state index contributed by atoms with van der Waals surface area (Å²) < 4.78 is 5.56. The molecule has 0 radical (unpaired) electrons. The minimum absolute atomic E-state index is 0.0253. The molecule has 0 aliphatic carbocycles. The van der Waals surface area contributed by atoms with Gasteiger partial charge in [-0.25, -0.2) is 0 Å². The van der Waals surface area contributed by atoms with Crippen LogP contribution in [0.25, 0.3) is 0 Å². The van der Waals surface area contributed by atoms with Crippen LogP contribution in [0.4, 0.5) is 5.69 Å². The minimum Gasteiger partial charge on any atom is -0.485 e. The number of nitro groups is 1. The number of benzene rings is 1. The van der Waals surface area contributed by atoms with Crippen LogP contribution in [0.3, 0.4) is 0 Å². The summed E-state index contributed by atoms with van der Waals surface area (Å²) in [5.41, 5.74) is 0.896. The highest BCUT2D eigenvalue weighted by molar-refractivity contribution is 5.48. The fraction of sp³-hybridized carbons (Fsp3) is 0.571. The van der Waals surface area contributed by atoms with Gasteiger partial charge in [-0.3, -0.25) is 10.1 Å². The number of rotatable bonds is 9. The quantitative estimate of drug-likeness (QED) is 0.554. The summed E-state index contributed by atoms with van der Waals surface area (Å²) >= 11 is 0. The molecule has 0 aliphatic rings. The highest BCUT2D eigenvalue weighted by Gasteiger charge is 2.16. The van der Waals surface area contributed by atoms with E-state index in [1.165, 1.54) is 0 Å². The van der Waals surface area contributed by atoms with E-state index in [1.54, 1.807) is 19.2 Å². The third-order valence-corrected chi connectivity index (χ3v) is 3.16. The lowest BCUT2D eigenvalue weighted by atomic mass is 10.2. The maximum atomic E-state index is 11.1. The average Bonchev–Trinajstić information content (AvgIpc) is 2.45. The predicted octanol–water partition coefficient (Wildman–Crippen LogP) is 2.03. The molecule has 0 bridgehead atoms. The fourth-order valence-corrected chi connectivity index (χ4v) is 1.97. The number of hydrogen-bond donors (Lipinski definition) is 1. The number of nitro benzene ring substituents is 1. The first-order chi connectivity index (χ1) is 9.62. The van der Waals surface area contributed by atoms with E-state index < -0.39 is 4.92 Å². The monoisotopic (exact) mass is 281 g/mol. The van der Waals surface area contributed by atoms with Gasteiger partial charge in [0.05, 0.1) is 4.92 Å². The van der Waals surface area contributed by atoms with Gasteiger partial charge in [0.15, 0.2) is 5.75 Å². The molecular formula is C14H23N3O3. The number of ether oxygens (including phenoxy) is 1. The van der Waals surface area contributed by atoms with Crippen molar-refractivity contribution in [3.8, 4) is 5.75 Å². The van der Waals surface area contributed by atoms with Gasteiger partial charge < -0.3 is 15.0 Å². The molecule has 0 atom stereocenters. The van der Waals surface area contributed by atoms with Crippen LogP contribution in [0.2, 0.25) is 0 Å². The van der Waals surface area contributed by atoms with Gasteiger partial charge >= 0.3 is 5.69 Å². The summed E-state index contributed by atoms with van der Waals surface area (Å²) in [7, 11) is 1.81. The molecule has 1 N–H and O–H groups in total. The lowest BCUT2D eigenvalue weighted by Crippen LogP contribution is -2.28. The highest BCUT2D eigenvalue weighted by Crippen LogP contribution is 2.27. The van der Waals surface area contributed by atoms with Crippen LogP contribution in [0, 0.1) is 10.1 Å². The molecule has 6 heteroatoms. The van der Waals surface area contributed by atoms with Gasteiger partial charge in [-0.15, -0.1) is 0 Å². The third kappa shape index (κ3) is 4.79. The Kier molecular flexibility index (Phi) is 6.97. The van der Waals surface area contributed by atoms with Crippen LogP contribution < -0.4 is 10.1 Å². The number of hydrogen-bond acceptors (Lipinski definition) is 5.